The van der Waals surface area contributed by atoms with Crippen molar-refractivity contribution in [3.05, 3.63) is 65.5 Å². The molecule has 0 aliphatic carbocycles. The van der Waals surface area contributed by atoms with Crippen molar-refractivity contribution in [2.45, 2.75) is 13.1 Å². The van der Waals surface area contributed by atoms with Crippen molar-refractivity contribution in [2.24, 2.45) is 0 Å². The van der Waals surface area contributed by atoms with E-state index >= 15 is 0 Å². The molecule has 144 valence electrons. The van der Waals surface area contributed by atoms with Gasteiger partial charge in [0.2, 0.25) is 0 Å². The Bertz CT molecular complexity index is 745. The van der Waals surface area contributed by atoms with Crippen LogP contribution in [0.15, 0.2) is 48.5 Å². The molecule has 0 saturated carbocycles. The first-order chi connectivity index (χ1) is 13.1. The van der Waals surface area contributed by atoms with E-state index in [0.29, 0.717) is 12.1 Å². The van der Waals surface area contributed by atoms with Crippen LogP contribution in [-0.2, 0) is 22.6 Å². The quantitative estimate of drug-likeness (QED) is 0.635. The van der Waals surface area contributed by atoms with Gasteiger partial charge in [-0.3, -0.25) is 4.79 Å². The third-order valence-corrected chi connectivity index (χ3v) is 4.80. The van der Waals surface area contributed by atoms with Gasteiger partial charge in [0.25, 0.3) is 5.91 Å². The highest BCUT2D eigenvalue weighted by atomic mass is 19.1. The monoisotopic (exact) mass is 373 g/mol. The lowest BCUT2D eigenvalue weighted by Crippen LogP contribution is -3.12. The van der Waals surface area contributed by atoms with Gasteiger partial charge in [0.15, 0.2) is 6.54 Å². The fraction of sp³-hybridized carbons (Fsp3) is 0.381. The fourth-order valence-electron chi connectivity index (χ4n) is 3.34. The van der Waals surface area contributed by atoms with Gasteiger partial charge in [0.05, 0.1) is 20.3 Å². The number of quaternary nitrogens is 2. The highest BCUT2D eigenvalue weighted by molar-refractivity contribution is 5.91. The van der Waals surface area contributed by atoms with Crippen LogP contribution in [0.1, 0.15) is 11.1 Å². The zero-order chi connectivity index (χ0) is 19.1. The number of carbonyl (C=O) groups excluding carboxylic acids is 1. The Kier molecular flexibility index (Phi) is 6.92. The average molecular weight is 373 g/mol. The number of carbonyl (C=O) groups is 1. The summed E-state index contributed by atoms with van der Waals surface area (Å²) in [6.45, 7) is 5.46. The molecular weight excluding hydrogens is 345 g/mol. The predicted octanol–water partition coefficient (Wildman–Crippen LogP) is -0.106. The van der Waals surface area contributed by atoms with E-state index in [1.807, 2.05) is 25.2 Å². The first-order valence-corrected chi connectivity index (χ1v) is 9.45. The van der Waals surface area contributed by atoms with Gasteiger partial charge in [-0.05, 0) is 18.2 Å². The van der Waals surface area contributed by atoms with Crippen molar-refractivity contribution < 1.29 is 23.7 Å². The molecule has 0 aromatic heterocycles. The number of morpholine rings is 1. The summed E-state index contributed by atoms with van der Waals surface area (Å²) >= 11 is 0. The zero-order valence-electron chi connectivity index (χ0n) is 15.8. The van der Waals surface area contributed by atoms with Gasteiger partial charge in [-0.1, -0.05) is 30.3 Å². The Morgan fingerprint density at radius 1 is 1.15 bits per heavy atom. The largest absolute Gasteiger partial charge is 0.370 e. The van der Waals surface area contributed by atoms with Crippen LogP contribution in [0.2, 0.25) is 0 Å². The summed E-state index contributed by atoms with van der Waals surface area (Å²) in [6, 6.07) is 14.7. The maximum Gasteiger partial charge on any atom is 0.279 e. The second kappa shape index (κ2) is 9.60. The topological polar surface area (TPSA) is 47.2 Å². The number of hydrogen-bond acceptors (Lipinski definition) is 2. The maximum absolute atomic E-state index is 13.7. The minimum Gasteiger partial charge on any atom is -0.370 e. The Balaban J connectivity index is 1.46. The Hall–Kier alpha value is -2.28. The molecule has 6 heteroatoms. The third-order valence-electron chi connectivity index (χ3n) is 4.80. The molecule has 1 fully saturated rings. The van der Waals surface area contributed by atoms with Gasteiger partial charge < -0.3 is 19.9 Å². The van der Waals surface area contributed by atoms with Crippen molar-refractivity contribution in [1.82, 2.24) is 0 Å². The standard InChI is InChI=1S/C21H26FN3O2/c1-24(15-18-4-2-3-5-20(18)22)16-21(26)23-19-8-6-17(7-9-19)14-25-10-12-27-13-11-25/h2-9H,10-16H2,1H3,(H,23,26)/p+2. The number of nitrogens with one attached hydrogen (secondary N) is 3. The van der Waals surface area contributed by atoms with E-state index < -0.39 is 0 Å². The average Bonchev–Trinajstić information content (AvgIpc) is 2.66. The molecular formula is C21H28FN3O2+2. The molecule has 1 aliphatic rings. The summed E-state index contributed by atoms with van der Waals surface area (Å²) in [7, 11) is 1.89. The summed E-state index contributed by atoms with van der Waals surface area (Å²) < 4.78 is 19.1. The molecule has 1 amide bonds. The normalized spacial score (nSPS) is 16.1. The lowest BCUT2D eigenvalue weighted by molar-refractivity contribution is -0.921. The molecule has 27 heavy (non-hydrogen) atoms. The van der Waals surface area contributed by atoms with Crippen molar-refractivity contribution in [2.75, 3.05) is 45.2 Å². The van der Waals surface area contributed by atoms with Crippen molar-refractivity contribution in [3.63, 3.8) is 0 Å². The lowest BCUT2D eigenvalue weighted by Gasteiger charge is -2.23. The van der Waals surface area contributed by atoms with E-state index in [2.05, 4.69) is 17.4 Å². The predicted molar refractivity (Wildman–Crippen MR) is 102 cm³/mol. The molecule has 1 atom stereocenters. The smallest absolute Gasteiger partial charge is 0.279 e. The molecule has 0 bridgehead atoms. The van der Waals surface area contributed by atoms with Crippen LogP contribution in [0.25, 0.3) is 0 Å². The molecule has 3 rings (SSSR count). The second-order valence-corrected chi connectivity index (χ2v) is 7.19. The number of hydrogen-bond donors (Lipinski definition) is 3. The maximum atomic E-state index is 13.7. The van der Waals surface area contributed by atoms with Crippen LogP contribution in [0.3, 0.4) is 0 Å². The zero-order valence-corrected chi connectivity index (χ0v) is 15.8. The van der Waals surface area contributed by atoms with Gasteiger partial charge in [-0.25, -0.2) is 4.39 Å². The molecule has 3 N–H and O–H groups in total. The summed E-state index contributed by atoms with van der Waals surface area (Å²) in [6.07, 6.45) is 0. The summed E-state index contributed by atoms with van der Waals surface area (Å²) in [5.41, 5.74) is 2.67. The van der Waals surface area contributed by atoms with E-state index in [-0.39, 0.29) is 18.3 Å². The molecule has 0 spiro atoms. The number of halogens is 1. The Morgan fingerprint density at radius 3 is 2.56 bits per heavy atom. The van der Waals surface area contributed by atoms with Gasteiger partial charge in [-0.2, -0.15) is 0 Å². The molecule has 2 aromatic rings. The number of benzene rings is 2. The number of ether oxygens (including phenoxy) is 1. The second-order valence-electron chi connectivity index (χ2n) is 7.19. The minimum atomic E-state index is -0.227. The summed E-state index contributed by atoms with van der Waals surface area (Å²) in [5.74, 6) is -0.300. The van der Waals surface area contributed by atoms with E-state index in [4.69, 9.17) is 4.74 Å². The van der Waals surface area contributed by atoms with Gasteiger partial charge in [0, 0.05) is 16.8 Å². The van der Waals surface area contributed by atoms with E-state index in [9.17, 15) is 9.18 Å². The number of amides is 1. The first-order valence-electron chi connectivity index (χ1n) is 9.45. The Labute approximate surface area is 159 Å². The van der Waals surface area contributed by atoms with Gasteiger partial charge in [-0.15, -0.1) is 0 Å². The summed E-state index contributed by atoms with van der Waals surface area (Å²) in [4.78, 5) is 14.7. The van der Waals surface area contributed by atoms with Crippen LogP contribution < -0.4 is 15.1 Å². The first kappa shape index (κ1) is 19.5. The van der Waals surface area contributed by atoms with Crippen LogP contribution >= 0.6 is 0 Å². The number of likely N-dealkylation sites (N-methyl/N-ethyl adjacent to an activating group) is 1. The van der Waals surface area contributed by atoms with Crippen LogP contribution in [-0.4, -0.2) is 45.8 Å². The molecule has 5 nitrogen and oxygen atoms in total. The van der Waals surface area contributed by atoms with Crippen molar-refractivity contribution in [1.29, 1.82) is 0 Å². The lowest BCUT2D eigenvalue weighted by atomic mass is 10.2. The molecule has 1 aliphatic heterocycles. The minimum absolute atomic E-state index is 0.0737. The molecule has 1 heterocycles. The number of rotatable bonds is 7. The van der Waals surface area contributed by atoms with Crippen LogP contribution in [0, 0.1) is 5.82 Å². The van der Waals surface area contributed by atoms with E-state index in [1.54, 1.807) is 12.1 Å². The highest BCUT2D eigenvalue weighted by Gasteiger charge is 2.15. The van der Waals surface area contributed by atoms with Gasteiger partial charge in [0.1, 0.15) is 32.0 Å². The van der Waals surface area contributed by atoms with Gasteiger partial charge >= 0.3 is 0 Å². The fourth-order valence-corrected chi connectivity index (χ4v) is 3.34. The molecule has 1 saturated heterocycles. The molecule has 2 aromatic carbocycles. The van der Waals surface area contributed by atoms with E-state index in [0.717, 1.165) is 43.4 Å². The third kappa shape index (κ3) is 6.13. The molecule has 1 unspecified atom stereocenters. The highest BCUT2D eigenvalue weighted by Crippen LogP contribution is 2.09. The van der Waals surface area contributed by atoms with Crippen LogP contribution in [0.4, 0.5) is 10.1 Å². The van der Waals surface area contributed by atoms with Crippen molar-refractivity contribution in [3.8, 4) is 0 Å². The summed E-state index contributed by atoms with van der Waals surface area (Å²) in [5, 5.41) is 2.92. The van der Waals surface area contributed by atoms with E-state index in [1.165, 1.54) is 16.5 Å². The molecule has 0 radical (unpaired) electrons. The number of anilines is 1. The SMILES string of the molecule is C[NH+](CC(=O)Nc1ccc(C[NH+]2CCOCC2)cc1)Cc1ccccc1F. The van der Waals surface area contributed by atoms with Crippen molar-refractivity contribution >= 4 is 11.6 Å². The Morgan fingerprint density at radius 2 is 1.85 bits per heavy atom. The van der Waals surface area contributed by atoms with Crippen LogP contribution in [0.5, 0.6) is 0 Å².